The van der Waals surface area contributed by atoms with E-state index in [1.165, 1.54) is 12.0 Å². The molecule has 1 amide bonds. The maximum Gasteiger partial charge on any atom is 0.248 e. The topological polar surface area (TPSA) is 94.9 Å². The van der Waals surface area contributed by atoms with E-state index in [0.717, 1.165) is 29.6 Å². The molecule has 0 unspecified atom stereocenters. The third-order valence-electron chi connectivity index (χ3n) is 7.30. The van der Waals surface area contributed by atoms with Gasteiger partial charge in [-0.05, 0) is 37.1 Å². The van der Waals surface area contributed by atoms with Crippen molar-refractivity contribution in [1.29, 1.82) is 0 Å². The lowest BCUT2D eigenvalue weighted by atomic mass is 9.90. The number of hydrogen-bond donors (Lipinski definition) is 2. The fourth-order valence-corrected chi connectivity index (χ4v) is 5.27. The first kappa shape index (κ1) is 29.0. The molecular formula is C28H37F2N3O6. The van der Waals surface area contributed by atoms with E-state index in [1.54, 1.807) is 7.11 Å². The Balaban J connectivity index is 1.43. The highest BCUT2D eigenvalue weighted by Gasteiger charge is 2.41. The van der Waals surface area contributed by atoms with Crippen molar-refractivity contribution < 1.29 is 38.0 Å². The van der Waals surface area contributed by atoms with Crippen LogP contribution in [0.15, 0.2) is 42.5 Å². The Hall–Kier alpha value is -2.99. The van der Waals surface area contributed by atoms with Gasteiger partial charge >= 0.3 is 0 Å². The molecule has 2 aromatic rings. The van der Waals surface area contributed by atoms with Gasteiger partial charge in [-0.3, -0.25) is 9.69 Å². The molecule has 0 aromatic heterocycles. The molecule has 4 rings (SSSR count). The number of halogens is 2. The van der Waals surface area contributed by atoms with E-state index in [2.05, 4.69) is 4.90 Å². The van der Waals surface area contributed by atoms with E-state index in [-0.39, 0.29) is 38.0 Å². The molecule has 2 fully saturated rings. The van der Waals surface area contributed by atoms with Crippen LogP contribution in [0, 0.1) is 11.6 Å². The molecule has 9 nitrogen and oxygen atoms in total. The third-order valence-corrected chi connectivity index (χ3v) is 7.30. The second-order valence-electron chi connectivity index (χ2n) is 10.5. The van der Waals surface area contributed by atoms with Gasteiger partial charge in [-0.25, -0.2) is 8.78 Å². The van der Waals surface area contributed by atoms with Crippen molar-refractivity contribution in [3.05, 3.63) is 54.1 Å². The van der Waals surface area contributed by atoms with Crippen LogP contribution in [0.5, 0.6) is 11.5 Å². The van der Waals surface area contributed by atoms with Gasteiger partial charge in [-0.2, -0.15) is 0 Å². The maximum atomic E-state index is 13.6. The van der Waals surface area contributed by atoms with E-state index < -0.39 is 22.8 Å². The minimum atomic E-state index is -1.55. The first-order valence-corrected chi connectivity index (χ1v) is 13.0. The Kier molecular flexibility index (Phi) is 9.27. The van der Waals surface area contributed by atoms with Gasteiger partial charge in [0.15, 0.2) is 0 Å². The van der Waals surface area contributed by atoms with Crippen LogP contribution in [-0.2, 0) is 9.53 Å². The molecule has 0 radical (unpaired) electrons. The zero-order valence-corrected chi connectivity index (χ0v) is 22.4. The lowest BCUT2D eigenvalue weighted by Gasteiger charge is -2.42. The standard InChI is InChI=1S/C28H37F2N3O6/c1-37-16-26(34)33-12-11-31(18-28(36,19-33)20-39-25-14-21(29)13-22(30)15-25)17-27(35)7-9-32(10-8-27)23-3-5-24(38-2)6-4-23/h3-6,13-15,35-36H,7-12,16-20H2,1-2H3/t28-/m0/s1. The Morgan fingerprint density at radius 1 is 0.897 bits per heavy atom. The van der Waals surface area contributed by atoms with Crippen molar-refractivity contribution in [2.75, 3.05) is 78.1 Å². The minimum absolute atomic E-state index is 0.0484. The van der Waals surface area contributed by atoms with Gasteiger partial charge in [-0.1, -0.05) is 0 Å². The fraction of sp³-hybridized carbons (Fsp3) is 0.536. The number of piperidine rings is 1. The average molecular weight is 550 g/mol. The highest BCUT2D eigenvalue weighted by molar-refractivity contribution is 5.77. The molecule has 0 spiro atoms. The summed E-state index contributed by atoms with van der Waals surface area (Å²) >= 11 is 0. The normalized spacial score (nSPS) is 21.9. The van der Waals surface area contributed by atoms with Crippen molar-refractivity contribution in [2.45, 2.75) is 24.0 Å². The number of anilines is 1. The predicted octanol–water partition coefficient (Wildman–Crippen LogP) is 1.91. The largest absolute Gasteiger partial charge is 0.497 e. The number of aliphatic hydroxyl groups is 2. The summed E-state index contributed by atoms with van der Waals surface area (Å²) in [5.41, 5.74) is -1.48. The van der Waals surface area contributed by atoms with E-state index in [0.29, 0.717) is 45.6 Å². The lowest BCUT2D eigenvalue weighted by molar-refractivity contribution is -0.138. The van der Waals surface area contributed by atoms with E-state index in [4.69, 9.17) is 14.2 Å². The van der Waals surface area contributed by atoms with Crippen molar-refractivity contribution in [3.8, 4) is 11.5 Å². The van der Waals surface area contributed by atoms with Crippen molar-refractivity contribution in [2.24, 2.45) is 0 Å². The number of carbonyl (C=O) groups excluding carboxylic acids is 1. The van der Waals surface area contributed by atoms with Crippen LogP contribution in [0.3, 0.4) is 0 Å². The molecule has 0 saturated carbocycles. The Morgan fingerprint density at radius 2 is 1.56 bits per heavy atom. The summed E-state index contributed by atoms with van der Waals surface area (Å²) in [5.74, 6) is -1.15. The summed E-state index contributed by atoms with van der Waals surface area (Å²) in [4.78, 5) is 18.3. The van der Waals surface area contributed by atoms with E-state index in [9.17, 15) is 23.8 Å². The summed E-state index contributed by atoms with van der Waals surface area (Å²) in [6.45, 7) is 1.99. The first-order valence-electron chi connectivity index (χ1n) is 13.0. The van der Waals surface area contributed by atoms with Crippen LogP contribution in [0.1, 0.15) is 12.8 Å². The molecule has 2 heterocycles. The molecule has 2 saturated heterocycles. The van der Waals surface area contributed by atoms with Crippen LogP contribution in [0.25, 0.3) is 0 Å². The smallest absolute Gasteiger partial charge is 0.248 e. The van der Waals surface area contributed by atoms with Gasteiger partial charge in [0.1, 0.15) is 41.9 Å². The lowest BCUT2D eigenvalue weighted by Crippen LogP contribution is -2.56. The van der Waals surface area contributed by atoms with Crippen LogP contribution < -0.4 is 14.4 Å². The average Bonchev–Trinajstić information content (AvgIpc) is 3.06. The number of amides is 1. The molecule has 214 valence electrons. The van der Waals surface area contributed by atoms with Gasteiger partial charge in [0.2, 0.25) is 5.91 Å². The molecular weight excluding hydrogens is 512 g/mol. The molecule has 0 bridgehead atoms. The predicted molar refractivity (Wildman–Crippen MR) is 141 cm³/mol. The molecule has 2 aliphatic heterocycles. The highest BCUT2D eigenvalue weighted by Crippen LogP contribution is 2.29. The number of benzene rings is 2. The quantitative estimate of drug-likeness (QED) is 0.490. The zero-order valence-electron chi connectivity index (χ0n) is 22.4. The number of ether oxygens (including phenoxy) is 3. The Bertz CT molecular complexity index is 1090. The molecule has 2 N–H and O–H groups in total. The van der Waals surface area contributed by atoms with Crippen LogP contribution in [0.2, 0.25) is 0 Å². The Morgan fingerprint density at radius 3 is 2.18 bits per heavy atom. The summed E-state index contributed by atoms with van der Waals surface area (Å²) in [6, 6.07) is 10.6. The second-order valence-corrected chi connectivity index (χ2v) is 10.5. The number of carbonyl (C=O) groups is 1. The second kappa shape index (κ2) is 12.5. The van der Waals surface area contributed by atoms with Gasteiger partial charge < -0.3 is 34.2 Å². The summed E-state index contributed by atoms with van der Waals surface area (Å²) < 4.78 is 43.1. The van der Waals surface area contributed by atoms with Crippen LogP contribution >= 0.6 is 0 Å². The van der Waals surface area contributed by atoms with Gasteiger partial charge in [0.25, 0.3) is 0 Å². The van der Waals surface area contributed by atoms with Gasteiger partial charge in [-0.15, -0.1) is 0 Å². The van der Waals surface area contributed by atoms with Gasteiger partial charge in [0.05, 0.1) is 19.3 Å². The highest BCUT2D eigenvalue weighted by atomic mass is 19.1. The maximum absolute atomic E-state index is 13.6. The molecule has 0 aliphatic carbocycles. The van der Waals surface area contributed by atoms with Crippen molar-refractivity contribution >= 4 is 11.6 Å². The van der Waals surface area contributed by atoms with Crippen LogP contribution in [-0.4, -0.2) is 110 Å². The van der Waals surface area contributed by atoms with Gasteiger partial charge in [0, 0.05) is 70.3 Å². The molecule has 11 heteroatoms. The number of methoxy groups -OCH3 is 2. The van der Waals surface area contributed by atoms with Crippen molar-refractivity contribution in [3.63, 3.8) is 0 Å². The number of nitrogens with zero attached hydrogens (tertiary/aromatic N) is 3. The monoisotopic (exact) mass is 549 g/mol. The molecule has 2 aromatic carbocycles. The zero-order chi connectivity index (χ0) is 28.0. The minimum Gasteiger partial charge on any atom is -0.497 e. The third kappa shape index (κ3) is 7.78. The molecule has 1 atom stereocenters. The molecule has 39 heavy (non-hydrogen) atoms. The fourth-order valence-electron chi connectivity index (χ4n) is 5.27. The van der Waals surface area contributed by atoms with Crippen molar-refractivity contribution in [1.82, 2.24) is 9.80 Å². The van der Waals surface area contributed by atoms with E-state index in [1.807, 2.05) is 29.2 Å². The number of hydrogen-bond acceptors (Lipinski definition) is 8. The SMILES string of the molecule is COCC(=O)N1CCN(CC2(O)CCN(c3ccc(OC)cc3)CC2)C[C@@](O)(COc2cc(F)cc(F)c2)C1. The summed E-state index contributed by atoms with van der Waals surface area (Å²) in [7, 11) is 3.05. The summed E-state index contributed by atoms with van der Waals surface area (Å²) in [6.07, 6.45) is 1.05. The number of rotatable bonds is 9. The first-order chi connectivity index (χ1) is 18.6. The van der Waals surface area contributed by atoms with E-state index >= 15 is 0 Å². The Labute approximate surface area is 227 Å². The van der Waals surface area contributed by atoms with Crippen LogP contribution in [0.4, 0.5) is 14.5 Å². The number of β-amino-alcohol motifs (C(OH)–C–C–N with tert-alkyl or cyclic N) is 2. The summed E-state index contributed by atoms with van der Waals surface area (Å²) in [5, 5.41) is 23.0. The molecule has 2 aliphatic rings.